The van der Waals surface area contributed by atoms with Crippen LogP contribution in [-0.4, -0.2) is 5.78 Å². The van der Waals surface area contributed by atoms with E-state index in [1.165, 1.54) is 37.7 Å². The molecule has 0 radical (unpaired) electrons. The second kappa shape index (κ2) is 4.33. The Bertz CT molecular complexity index is 542. The molecule has 21 heavy (non-hydrogen) atoms. The predicted octanol–water partition coefficient (Wildman–Crippen LogP) is 4.93. The number of hydrogen-bond acceptors (Lipinski definition) is 1. The molecule has 0 spiro atoms. The summed E-state index contributed by atoms with van der Waals surface area (Å²) in [6.45, 7) is 7.42. The largest absolute Gasteiger partial charge is 0.290 e. The zero-order valence-electron chi connectivity index (χ0n) is 13.7. The molecule has 0 aromatic rings. The van der Waals surface area contributed by atoms with Crippen LogP contribution in [0, 0.1) is 34.5 Å². The molecule has 3 saturated carbocycles. The highest BCUT2D eigenvalue weighted by atomic mass is 16.1. The lowest BCUT2D eigenvalue weighted by Crippen LogP contribution is -2.48. The second-order valence-corrected chi connectivity index (χ2v) is 8.84. The van der Waals surface area contributed by atoms with Gasteiger partial charge in [-0.05, 0) is 79.8 Å². The van der Waals surface area contributed by atoms with Gasteiger partial charge in [0.15, 0.2) is 5.78 Å². The van der Waals surface area contributed by atoms with Crippen LogP contribution in [0.15, 0.2) is 23.8 Å². The van der Waals surface area contributed by atoms with E-state index in [2.05, 4.69) is 26.8 Å². The maximum atomic E-state index is 11.7. The van der Waals surface area contributed by atoms with Gasteiger partial charge in [-0.2, -0.15) is 0 Å². The molecule has 6 atom stereocenters. The third-order valence-corrected chi connectivity index (χ3v) is 7.55. The normalized spacial score (nSPS) is 52.0. The molecule has 0 aliphatic heterocycles. The summed E-state index contributed by atoms with van der Waals surface area (Å²) in [7, 11) is 0. The van der Waals surface area contributed by atoms with E-state index in [1.54, 1.807) is 0 Å². The lowest BCUT2D eigenvalue weighted by molar-refractivity contribution is -0.111. The van der Waals surface area contributed by atoms with Gasteiger partial charge in [0.05, 0.1) is 0 Å². The maximum absolute atomic E-state index is 11.7. The van der Waals surface area contributed by atoms with Gasteiger partial charge in [0.25, 0.3) is 0 Å². The van der Waals surface area contributed by atoms with Crippen LogP contribution >= 0.6 is 0 Å². The molecule has 0 unspecified atom stereocenters. The van der Waals surface area contributed by atoms with E-state index in [4.69, 9.17) is 0 Å². The highest BCUT2D eigenvalue weighted by Gasteiger charge is 2.56. The quantitative estimate of drug-likeness (QED) is 0.616. The van der Waals surface area contributed by atoms with Crippen molar-refractivity contribution < 1.29 is 4.79 Å². The summed E-state index contributed by atoms with van der Waals surface area (Å²) >= 11 is 0. The first kappa shape index (κ1) is 13.8. The van der Waals surface area contributed by atoms with Gasteiger partial charge >= 0.3 is 0 Å². The standard InChI is InChI=1S/C20H28O/c1-13-10-18-16-5-4-14-11-15(21)6-9-20(14,3)17(16)7-8-19(18,2)12-13/h6,9,11,13,16-18H,4-5,7-8,10,12H2,1-3H3/t13-,16-,17+,18+,19-,20+/m1/s1. The fraction of sp³-hybridized carbons (Fsp3) is 0.750. The zero-order chi connectivity index (χ0) is 14.8. The Kier molecular flexibility index (Phi) is 2.85. The van der Waals surface area contributed by atoms with Gasteiger partial charge in [-0.15, -0.1) is 0 Å². The van der Waals surface area contributed by atoms with Crippen molar-refractivity contribution in [1.82, 2.24) is 0 Å². The Morgan fingerprint density at radius 1 is 1.19 bits per heavy atom. The Balaban J connectivity index is 1.70. The fourth-order valence-corrected chi connectivity index (χ4v) is 6.62. The van der Waals surface area contributed by atoms with Crippen LogP contribution in [-0.2, 0) is 4.79 Å². The van der Waals surface area contributed by atoms with E-state index < -0.39 is 0 Å². The van der Waals surface area contributed by atoms with E-state index in [1.807, 2.05) is 12.2 Å². The van der Waals surface area contributed by atoms with Gasteiger partial charge in [0.1, 0.15) is 0 Å². The van der Waals surface area contributed by atoms with Crippen LogP contribution in [0.1, 0.15) is 59.3 Å². The van der Waals surface area contributed by atoms with Crippen molar-refractivity contribution in [2.24, 2.45) is 34.5 Å². The van der Waals surface area contributed by atoms with Crippen LogP contribution in [0.2, 0.25) is 0 Å². The van der Waals surface area contributed by atoms with Crippen LogP contribution < -0.4 is 0 Å². The zero-order valence-corrected chi connectivity index (χ0v) is 13.7. The average Bonchev–Trinajstić information content (AvgIpc) is 2.74. The highest BCUT2D eigenvalue weighted by Crippen LogP contribution is 2.65. The number of fused-ring (bicyclic) bond motifs is 5. The molecule has 0 heterocycles. The first-order valence-corrected chi connectivity index (χ1v) is 8.87. The number of carbonyl (C=O) groups excluding carboxylic acids is 1. The third-order valence-electron chi connectivity index (χ3n) is 7.55. The topological polar surface area (TPSA) is 17.1 Å². The number of ketones is 1. The molecule has 0 bridgehead atoms. The van der Waals surface area contributed by atoms with Crippen molar-refractivity contribution in [2.45, 2.75) is 59.3 Å². The van der Waals surface area contributed by atoms with Gasteiger partial charge in [-0.1, -0.05) is 32.4 Å². The van der Waals surface area contributed by atoms with E-state index in [0.717, 1.165) is 30.1 Å². The van der Waals surface area contributed by atoms with Gasteiger partial charge < -0.3 is 0 Å². The molecule has 4 aliphatic carbocycles. The molecule has 4 rings (SSSR count). The molecule has 0 amide bonds. The van der Waals surface area contributed by atoms with Crippen molar-refractivity contribution in [3.63, 3.8) is 0 Å². The third kappa shape index (κ3) is 1.85. The van der Waals surface area contributed by atoms with E-state index >= 15 is 0 Å². The van der Waals surface area contributed by atoms with Gasteiger partial charge in [-0.3, -0.25) is 4.79 Å². The summed E-state index contributed by atoms with van der Waals surface area (Å²) in [6, 6.07) is 0. The van der Waals surface area contributed by atoms with Crippen LogP contribution in [0.4, 0.5) is 0 Å². The smallest absolute Gasteiger partial charge is 0.178 e. The summed E-state index contributed by atoms with van der Waals surface area (Å²) in [4.78, 5) is 11.7. The summed E-state index contributed by atoms with van der Waals surface area (Å²) in [5.74, 6) is 3.69. The molecular formula is C20H28O. The molecule has 1 heteroatoms. The maximum Gasteiger partial charge on any atom is 0.178 e. The Morgan fingerprint density at radius 2 is 2.00 bits per heavy atom. The summed E-state index contributed by atoms with van der Waals surface area (Å²) in [6.07, 6.45) is 14.1. The predicted molar refractivity (Wildman–Crippen MR) is 85.8 cm³/mol. The molecule has 0 N–H and O–H groups in total. The summed E-state index contributed by atoms with van der Waals surface area (Å²) in [5, 5.41) is 0. The van der Waals surface area contributed by atoms with Crippen LogP contribution in [0.3, 0.4) is 0 Å². The molecule has 3 fully saturated rings. The van der Waals surface area contributed by atoms with Crippen molar-refractivity contribution >= 4 is 5.78 Å². The van der Waals surface area contributed by atoms with Gasteiger partial charge in [0, 0.05) is 5.41 Å². The molecule has 114 valence electrons. The van der Waals surface area contributed by atoms with E-state index in [-0.39, 0.29) is 11.2 Å². The number of rotatable bonds is 0. The lowest BCUT2D eigenvalue weighted by atomic mass is 9.48. The van der Waals surface area contributed by atoms with Crippen LogP contribution in [0.5, 0.6) is 0 Å². The van der Waals surface area contributed by atoms with E-state index in [0.29, 0.717) is 5.41 Å². The second-order valence-electron chi connectivity index (χ2n) is 8.84. The summed E-state index contributed by atoms with van der Waals surface area (Å²) < 4.78 is 0. The molecular weight excluding hydrogens is 256 g/mol. The first-order valence-electron chi connectivity index (χ1n) is 8.87. The SMILES string of the molecule is C[C@@H]1C[C@H]2[C@@H]3CCC4=CC(=O)C=C[C@]4(C)[C@H]3CC[C@]2(C)C1. The molecule has 0 aromatic heterocycles. The number of hydrogen-bond donors (Lipinski definition) is 0. The lowest BCUT2D eigenvalue weighted by Gasteiger charge is -2.56. The van der Waals surface area contributed by atoms with Crippen molar-refractivity contribution in [3.05, 3.63) is 23.8 Å². The molecule has 4 aliphatic rings. The summed E-state index contributed by atoms with van der Waals surface area (Å²) in [5.41, 5.74) is 2.20. The number of allylic oxidation sites excluding steroid dienone is 4. The van der Waals surface area contributed by atoms with Crippen LogP contribution in [0.25, 0.3) is 0 Å². The molecule has 1 nitrogen and oxygen atoms in total. The fourth-order valence-electron chi connectivity index (χ4n) is 6.62. The molecule has 0 aromatic carbocycles. The van der Waals surface area contributed by atoms with Crippen molar-refractivity contribution in [1.29, 1.82) is 0 Å². The average molecular weight is 284 g/mol. The minimum absolute atomic E-state index is 0.171. The number of carbonyl (C=O) groups is 1. The minimum atomic E-state index is 0.171. The van der Waals surface area contributed by atoms with Gasteiger partial charge in [0.2, 0.25) is 0 Å². The monoisotopic (exact) mass is 284 g/mol. The minimum Gasteiger partial charge on any atom is -0.290 e. The van der Waals surface area contributed by atoms with E-state index in [9.17, 15) is 4.79 Å². The van der Waals surface area contributed by atoms with Crippen molar-refractivity contribution in [3.8, 4) is 0 Å². The first-order chi connectivity index (χ1) is 9.92. The van der Waals surface area contributed by atoms with Crippen molar-refractivity contribution in [2.75, 3.05) is 0 Å². The Hall–Kier alpha value is -0.850. The van der Waals surface area contributed by atoms with Gasteiger partial charge in [-0.25, -0.2) is 0 Å². The Labute approximate surface area is 128 Å². The Morgan fingerprint density at radius 3 is 2.81 bits per heavy atom. The molecule has 0 saturated heterocycles. The highest BCUT2D eigenvalue weighted by molar-refractivity contribution is 6.01.